The maximum Gasteiger partial charge on any atom is 0.295 e. The summed E-state index contributed by atoms with van der Waals surface area (Å²) in [6.07, 6.45) is -1.06. The fourth-order valence-electron chi connectivity index (χ4n) is 2.87. The van der Waals surface area contributed by atoms with Crippen molar-refractivity contribution in [3.05, 3.63) is 53.9 Å². The number of rotatable bonds is 8. The van der Waals surface area contributed by atoms with E-state index < -0.39 is 22.1 Å². The molecule has 3 rings (SSSR count). The van der Waals surface area contributed by atoms with E-state index in [-0.39, 0.29) is 10.8 Å². The molecule has 160 valence electrons. The van der Waals surface area contributed by atoms with Crippen LogP contribution in [-0.2, 0) is 9.84 Å². The van der Waals surface area contributed by atoms with Crippen LogP contribution in [0.3, 0.4) is 0 Å². The molecule has 1 aromatic heterocycles. The number of benzene rings is 2. The lowest BCUT2D eigenvalue weighted by Gasteiger charge is -2.17. The summed E-state index contributed by atoms with van der Waals surface area (Å²) < 4.78 is 54.3. The summed E-state index contributed by atoms with van der Waals surface area (Å²) in [4.78, 5) is 20.6. The van der Waals surface area contributed by atoms with Gasteiger partial charge in [0.1, 0.15) is 5.75 Å². The van der Waals surface area contributed by atoms with Crippen LogP contribution < -0.4 is 4.74 Å². The van der Waals surface area contributed by atoms with E-state index >= 15 is 0 Å². The average molecular weight is 437 g/mol. The Labute approximate surface area is 172 Å². The van der Waals surface area contributed by atoms with Crippen molar-refractivity contribution in [2.45, 2.75) is 17.7 Å². The molecule has 1 amide bonds. The quantitative estimate of drug-likeness (QED) is 0.545. The molecule has 0 aliphatic carbocycles. The highest BCUT2D eigenvalue weighted by molar-refractivity contribution is 7.90. The Morgan fingerprint density at radius 3 is 2.70 bits per heavy atom. The third-order valence-corrected chi connectivity index (χ3v) is 5.55. The van der Waals surface area contributed by atoms with Gasteiger partial charge in [-0.3, -0.25) is 4.79 Å². The first-order chi connectivity index (χ1) is 14.1. The molecule has 0 bridgehead atoms. The van der Waals surface area contributed by atoms with Gasteiger partial charge in [0.15, 0.2) is 15.7 Å². The Balaban J connectivity index is 1.55. The van der Waals surface area contributed by atoms with E-state index in [1.807, 2.05) is 0 Å². The van der Waals surface area contributed by atoms with Gasteiger partial charge in [0.2, 0.25) is 0 Å². The second-order valence-corrected chi connectivity index (χ2v) is 8.85. The lowest BCUT2D eigenvalue weighted by Crippen LogP contribution is -2.28. The number of imidazole rings is 1. The number of amides is 1. The van der Waals surface area contributed by atoms with Gasteiger partial charge >= 0.3 is 0 Å². The minimum Gasteiger partial charge on any atom is -0.493 e. The summed E-state index contributed by atoms with van der Waals surface area (Å²) >= 11 is 0. The second-order valence-electron chi connectivity index (χ2n) is 6.83. The van der Waals surface area contributed by atoms with E-state index in [0.717, 1.165) is 6.26 Å². The topological polar surface area (TPSA) is 92.4 Å². The molecule has 30 heavy (non-hydrogen) atoms. The zero-order chi connectivity index (χ0) is 21.9. The highest BCUT2D eigenvalue weighted by atomic mass is 32.2. The summed E-state index contributed by atoms with van der Waals surface area (Å²) in [6, 6.07) is 10.8. The molecule has 0 aliphatic rings. The number of nitrogens with zero attached hydrogens (tertiary/aromatic N) is 2. The third-order valence-electron chi connectivity index (χ3n) is 4.44. The van der Waals surface area contributed by atoms with Crippen LogP contribution in [0.5, 0.6) is 5.75 Å². The number of hydrogen-bond acceptors (Lipinski definition) is 5. The van der Waals surface area contributed by atoms with Gasteiger partial charge in [-0.1, -0.05) is 6.07 Å². The highest BCUT2D eigenvalue weighted by Crippen LogP contribution is 2.21. The van der Waals surface area contributed by atoms with Crippen molar-refractivity contribution in [3.8, 4) is 5.75 Å². The SMILES string of the molecule is CN(CCCOc1cccc(S(C)(=O)=O)c1)C(=O)c1ccc2nc(C(F)F)[nH]c2c1. The maximum absolute atomic E-state index is 12.8. The summed E-state index contributed by atoms with van der Waals surface area (Å²) in [5, 5.41) is 0. The van der Waals surface area contributed by atoms with Crippen LogP contribution in [0.2, 0.25) is 0 Å². The van der Waals surface area contributed by atoms with Gasteiger partial charge < -0.3 is 14.6 Å². The summed E-state index contributed by atoms with van der Waals surface area (Å²) in [7, 11) is -1.68. The van der Waals surface area contributed by atoms with Crippen LogP contribution in [0.25, 0.3) is 11.0 Å². The van der Waals surface area contributed by atoms with E-state index in [4.69, 9.17) is 4.74 Å². The molecule has 0 fully saturated rings. The highest BCUT2D eigenvalue weighted by Gasteiger charge is 2.16. The first-order valence-electron chi connectivity index (χ1n) is 9.11. The summed E-state index contributed by atoms with van der Waals surface area (Å²) in [6.45, 7) is 0.691. The van der Waals surface area contributed by atoms with E-state index in [2.05, 4.69) is 9.97 Å². The van der Waals surface area contributed by atoms with E-state index in [1.165, 1.54) is 29.2 Å². The van der Waals surface area contributed by atoms with Crippen molar-refractivity contribution in [2.75, 3.05) is 26.5 Å². The molecule has 1 heterocycles. The smallest absolute Gasteiger partial charge is 0.295 e. The van der Waals surface area contributed by atoms with Crippen molar-refractivity contribution in [1.82, 2.24) is 14.9 Å². The van der Waals surface area contributed by atoms with Crippen LogP contribution in [0, 0.1) is 0 Å². The second kappa shape index (κ2) is 8.78. The van der Waals surface area contributed by atoms with Crippen molar-refractivity contribution < 1.29 is 26.7 Å². The molecule has 2 aromatic carbocycles. The van der Waals surface area contributed by atoms with Gasteiger partial charge in [-0.2, -0.15) is 0 Å². The molecule has 0 unspecified atom stereocenters. The van der Waals surface area contributed by atoms with Crippen LogP contribution in [0.4, 0.5) is 8.78 Å². The van der Waals surface area contributed by atoms with Crippen LogP contribution in [0.1, 0.15) is 29.0 Å². The normalized spacial score (nSPS) is 11.8. The molecule has 10 heteroatoms. The van der Waals surface area contributed by atoms with Crippen LogP contribution >= 0.6 is 0 Å². The number of ether oxygens (including phenoxy) is 1. The number of fused-ring (bicyclic) bond motifs is 1. The Kier molecular flexibility index (Phi) is 6.35. The molecule has 7 nitrogen and oxygen atoms in total. The Morgan fingerprint density at radius 1 is 1.23 bits per heavy atom. The van der Waals surface area contributed by atoms with Gasteiger partial charge in [0, 0.05) is 25.4 Å². The van der Waals surface area contributed by atoms with Crippen molar-refractivity contribution in [2.24, 2.45) is 0 Å². The molecule has 1 N–H and O–H groups in total. The molecule has 0 radical (unpaired) electrons. The number of nitrogens with one attached hydrogen (secondary N) is 1. The van der Waals surface area contributed by atoms with Gasteiger partial charge in [-0.25, -0.2) is 22.2 Å². The standard InChI is InChI=1S/C20H21F2N3O4S/c1-25(9-4-10-29-14-5-3-6-15(12-14)30(2,27)28)20(26)13-7-8-16-17(11-13)24-19(23-16)18(21)22/h3,5-8,11-12,18H,4,9-10H2,1-2H3,(H,23,24). The summed E-state index contributed by atoms with van der Waals surface area (Å²) in [5.41, 5.74) is 1.10. The maximum atomic E-state index is 12.8. The number of carbonyl (C=O) groups is 1. The van der Waals surface area contributed by atoms with Gasteiger partial charge in [0.05, 0.1) is 22.5 Å². The van der Waals surface area contributed by atoms with Crippen molar-refractivity contribution in [3.63, 3.8) is 0 Å². The van der Waals surface area contributed by atoms with Crippen molar-refractivity contribution >= 4 is 26.8 Å². The molecule has 0 aliphatic heterocycles. The Hall–Kier alpha value is -3.01. The summed E-state index contributed by atoms with van der Waals surface area (Å²) in [5.74, 6) is -0.254. The van der Waals surface area contributed by atoms with Gasteiger partial charge in [-0.05, 0) is 42.8 Å². The average Bonchev–Trinajstić information content (AvgIpc) is 3.14. The lowest BCUT2D eigenvalue weighted by atomic mass is 10.1. The minimum absolute atomic E-state index is 0.177. The predicted octanol–water partition coefficient (Wildman–Crippen LogP) is 3.45. The Bertz CT molecular complexity index is 1160. The number of carbonyl (C=O) groups excluding carboxylic acids is 1. The molecule has 0 saturated heterocycles. The molecular weight excluding hydrogens is 416 g/mol. The molecule has 0 saturated carbocycles. The number of aromatic nitrogens is 2. The fraction of sp³-hybridized carbons (Fsp3) is 0.300. The fourth-order valence-corrected chi connectivity index (χ4v) is 3.53. The number of halogens is 2. The van der Waals surface area contributed by atoms with Gasteiger partial charge in [-0.15, -0.1) is 0 Å². The number of sulfone groups is 1. The van der Waals surface area contributed by atoms with Gasteiger partial charge in [0.25, 0.3) is 12.3 Å². The number of alkyl halides is 2. The monoisotopic (exact) mass is 437 g/mol. The van der Waals surface area contributed by atoms with E-state index in [0.29, 0.717) is 41.9 Å². The molecular formula is C20H21F2N3O4S. The zero-order valence-electron chi connectivity index (χ0n) is 16.4. The van der Waals surface area contributed by atoms with E-state index in [9.17, 15) is 22.0 Å². The van der Waals surface area contributed by atoms with Crippen LogP contribution in [-0.4, -0.2) is 55.6 Å². The Morgan fingerprint density at radius 2 is 2.00 bits per heavy atom. The number of H-pyrrole nitrogens is 1. The van der Waals surface area contributed by atoms with Crippen LogP contribution in [0.15, 0.2) is 47.4 Å². The number of aromatic amines is 1. The zero-order valence-corrected chi connectivity index (χ0v) is 17.2. The molecule has 3 aromatic rings. The largest absolute Gasteiger partial charge is 0.493 e. The third kappa shape index (κ3) is 5.12. The minimum atomic E-state index is -3.31. The first kappa shape index (κ1) is 21.7. The molecule has 0 atom stereocenters. The number of hydrogen-bond donors (Lipinski definition) is 1. The predicted molar refractivity (Wildman–Crippen MR) is 108 cm³/mol. The van der Waals surface area contributed by atoms with Crippen molar-refractivity contribution in [1.29, 1.82) is 0 Å². The lowest BCUT2D eigenvalue weighted by molar-refractivity contribution is 0.0788. The molecule has 0 spiro atoms. The first-order valence-corrected chi connectivity index (χ1v) is 11.0. The van der Waals surface area contributed by atoms with E-state index in [1.54, 1.807) is 25.2 Å².